The van der Waals surface area contributed by atoms with Crippen molar-refractivity contribution in [3.8, 4) is 23.1 Å². The summed E-state index contributed by atoms with van der Waals surface area (Å²) in [7, 11) is 1.44. The predicted octanol–water partition coefficient (Wildman–Crippen LogP) is 3.92. The smallest absolute Gasteiger partial charge is 0.349 e. The van der Waals surface area contributed by atoms with Gasteiger partial charge in [0.05, 0.1) is 18.2 Å². The number of hydrogen-bond donors (Lipinski definition) is 2. The Morgan fingerprint density at radius 2 is 1.91 bits per heavy atom. The molecule has 0 unspecified atom stereocenters. The first-order chi connectivity index (χ1) is 16.2. The number of anilines is 1. The van der Waals surface area contributed by atoms with Crippen molar-refractivity contribution in [2.45, 2.75) is 32.3 Å². The van der Waals surface area contributed by atoms with Crippen molar-refractivity contribution in [1.82, 2.24) is 9.97 Å². The van der Waals surface area contributed by atoms with Gasteiger partial charge in [0.15, 0.2) is 5.82 Å². The number of methoxy groups -OCH3 is 1. The van der Waals surface area contributed by atoms with E-state index in [9.17, 15) is 19.4 Å². The maximum absolute atomic E-state index is 14.8. The van der Waals surface area contributed by atoms with Gasteiger partial charge in [0.1, 0.15) is 22.7 Å². The van der Waals surface area contributed by atoms with E-state index >= 15 is 0 Å². The van der Waals surface area contributed by atoms with Crippen LogP contribution in [-0.4, -0.2) is 46.0 Å². The highest BCUT2D eigenvalue weighted by Crippen LogP contribution is 2.38. The number of piperidine rings is 1. The monoisotopic (exact) mass is 465 g/mol. The summed E-state index contributed by atoms with van der Waals surface area (Å²) in [6, 6.07) is 7.42. The summed E-state index contributed by atoms with van der Waals surface area (Å²) >= 11 is 0. The van der Waals surface area contributed by atoms with Gasteiger partial charge >= 0.3 is 11.6 Å². The van der Waals surface area contributed by atoms with E-state index in [1.165, 1.54) is 25.3 Å². The van der Waals surface area contributed by atoms with Gasteiger partial charge in [-0.3, -0.25) is 0 Å². The molecule has 5 rings (SSSR count). The van der Waals surface area contributed by atoms with Crippen LogP contribution in [0.15, 0.2) is 39.5 Å². The van der Waals surface area contributed by atoms with Crippen LogP contribution in [0, 0.1) is 12.7 Å². The van der Waals surface area contributed by atoms with Gasteiger partial charge in [0.25, 0.3) is 0 Å². The number of hydrogen-bond acceptors (Lipinski definition) is 8. The van der Waals surface area contributed by atoms with Crippen molar-refractivity contribution in [3.05, 3.63) is 52.1 Å². The van der Waals surface area contributed by atoms with Crippen molar-refractivity contribution < 1.29 is 23.8 Å². The summed E-state index contributed by atoms with van der Waals surface area (Å²) < 4.78 is 25.9. The number of rotatable bonds is 3. The summed E-state index contributed by atoms with van der Waals surface area (Å²) in [6.07, 6.45) is 1.02. The van der Waals surface area contributed by atoms with E-state index in [-0.39, 0.29) is 33.9 Å². The topological polar surface area (TPSA) is 109 Å². The number of aliphatic hydroxyl groups is 1. The molecule has 1 aliphatic rings. The van der Waals surface area contributed by atoms with Crippen molar-refractivity contribution in [3.63, 3.8) is 0 Å². The number of aromatic nitrogens is 2. The molecule has 0 saturated carbocycles. The molecule has 3 heterocycles. The highest BCUT2D eigenvalue weighted by molar-refractivity contribution is 6.00. The molecule has 1 fully saturated rings. The van der Waals surface area contributed by atoms with Crippen molar-refractivity contribution in [1.29, 1.82) is 0 Å². The molecule has 2 N–H and O–H groups in total. The summed E-state index contributed by atoms with van der Waals surface area (Å²) in [5.74, 6) is -0.114. The zero-order valence-corrected chi connectivity index (χ0v) is 19.1. The van der Waals surface area contributed by atoms with Gasteiger partial charge in [0, 0.05) is 29.6 Å². The van der Waals surface area contributed by atoms with Crippen LogP contribution >= 0.6 is 0 Å². The Bertz CT molecular complexity index is 1490. The molecule has 0 radical (unpaired) electrons. The molecular formula is C25H24FN3O5. The average molecular weight is 465 g/mol. The minimum Gasteiger partial charge on any atom is -0.508 e. The summed E-state index contributed by atoms with van der Waals surface area (Å²) in [5, 5.41) is 21.5. The second-order valence-electron chi connectivity index (χ2n) is 8.92. The van der Waals surface area contributed by atoms with Gasteiger partial charge in [-0.25, -0.2) is 9.18 Å². The summed E-state index contributed by atoms with van der Waals surface area (Å²) in [4.78, 5) is 24.1. The molecule has 0 aliphatic carbocycles. The molecule has 0 bridgehead atoms. The van der Waals surface area contributed by atoms with Crippen LogP contribution in [0.3, 0.4) is 0 Å². The van der Waals surface area contributed by atoms with Crippen molar-refractivity contribution >= 4 is 27.5 Å². The number of benzene rings is 2. The van der Waals surface area contributed by atoms with Crippen LogP contribution in [0.4, 0.5) is 10.2 Å². The second-order valence-corrected chi connectivity index (χ2v) is 8.92. The van der Waals surface area contributed by atoms with Crippen molar-refractivity contribution in [2.75, 3.05) is 25.1 Å². The molecule has 8 nitrogen and oxygen atoms in total. The van der Waals surface area contributed by atoms with Crippen LogP contribution in [0.5, 0.6) is 11.8 Å². The lowest BCUT2D eigenvalue weighted by Crippen LogP contribution is -2.43. The van der Waals surface area contributed by atoms with E-state index in [0.717, 1.165) is 0 Å². The first kappa shape index (κ1) is 22.1. The van der Waals surface area contributed by atoms with Gasteiger partial charge in [-0.1, -0.05) is 12.1 Å². The molecular weight excluding hydrogens is 441 g/mol. The molecule has 34 heavy (non-hydrogen) atoms. The summed E-state index contributed by atoms with van der Waals surface area (Å²) in [5.41, 5.74) is -0.414. The third kappa shape index (κ3) is 3.62. The summed E-state index contributed by atoms with van der Waals surface area (Å²) in [6.45, 7) is 4.48. The zero-order valence-electron chi connectivity index (χ0n) is 19.1. The molecule has 1 aliphatic heterocycles. The zero-order chi connectivity index (χ0) is 24.2. The van der Waals surface area contributed by atoms with Crippen LogP contribution in [-0.2, 0) is 0 Å². The van der Waals surface area contributed by atoms with Crippen LogP contribution in [0.25, 0.3) is 33.0 Å². The van der Waals surface area contributed by atoms with E-state index < -0.39 is 17.0 Å². The van der Waals surface area contributed by atoms with E-state index in [2.05, 4.69) is 9.97 Å². The Morgan fingerprint density at radius 1 is 1.18 bits per heavy atom. The van der Waals surface area contributed by atoms with E-state index in [0.29, 0.717) is 48.2 Å². The minimum atomic E-state index is -0.780. The predicted molar refractivity (Wildman–Crippen MR) is 126 cm³/mol. The number of nitrogens with zero attached hydrogens (tertiary/aromatic N) is 3. The third-order valence-corrected chi connectivity index (χ3v) is 6.44. The van der Waals surface area contributed by atoms with Crippen LogP contribution < -0.4 is 15.3 Å². The minimum absolute atomic E-state index is 0.0754. The number of aryl methyl sites for hydroxylation is 1. The van der Waals surface area contributed by atoms with Crippen LogP contribution in [0.2, 0.25) is 0 Å². The number of phenolic OH excluding ortho intramolecular Hbond substituents is 1. The van der Waals surface area contributed by atoms with Gasteiger partial charge in [0.2, 0.25) is 0 Å². The molecule has 1 saturated heterocycles. The lowest BCUT2D eigenvalue weighted by molar-refractivity contribution is 0.0350. The SMILES string of the molecule is COc1nc(N2CCC(C)(O)CC2)c2c(=O)oc(-c3cc(O)cc4cccc(F)c34)c(C)c2n1. The van der Waals surface area contributed by atoms with Gasteiger partial charge < -0.3 is 24.3 Å². The van der Waals surface area contributed by atoms with Crippen molar-refractivity contribution in [2.24, 2.45) is 0 Å². The van der Waals surface area contributed by atoms with Gasteiger partial charge in [-0.15, -0.1) is 0 Å². The number of fused-ring (bicyclic) bond motifs is 2. The Hall–Kier alpha value is -3.72. The van der Waals surface area contributed by atoms with E-state index in [1.807, 2.05) is 4.90 Å². The Labute approximate surface area is 194 Å². The maximum Gasteiger partial charge on any atom is 0.349 e. The highest BCUT2D eigenvalue weighted by atomic mass is 19.1. The highest BCUT2D eigenvalue weighted by Gasteiger charge is 2.31. The Morgan fingerprint density at radius 3 is 2.62 bits per heavy atom. The molecule has 2 aromatic carbocycles. The first-order valence-electron chi connectivity index (χ1n) is 11.0. The first-order valence-corrected chi connectivity index (χ1v) is 11.0. The lowest BCUT2D eigenvalue weighted by atomic mass is 9.93. The number of phenols is 1. The Balaban J connectivity index is 1.78. The average Bonchev–Trinajstić information content (AvgIpc) is 2.80. The fourth-order valence-corrected chi connectivity index (χ4v) is 4.54. The van der Waals surface area contributed by atoms with E-state index in [4.69, 9.17) is 9.15 Å². The molecule has 0 atom stereocenters. The van der Waals surface area contributed by atoms with Gasteiger partial charge in [-0.2, -0.15) is 9.97 Å². The fraction of sp³-hybridized carbons (Fsp3) is 0.320. The molecule has 0 amide bonds. The molecule has 0 spiro atoms. The standard InChI is InChI=1S/C25H24FN3O5/c1-13-20-19(22(28-24(27-20)33-3)29-9-7-25(2,32)8-10-29)23(31)34-21(13)16-12-15(30)11-14-5-4-6-17(26)18(14)16/h4-6,11-12,30,32H,7-10H2,1-3H3. The fourth-order valence-electron chi connectivity index (χ4n) is 4.54. The molecule has 9 heteroatoms. The van der Waals surface area contributed by atoms with Crippen LogP contribution in [0.1, 0.15) is 25.3 Å². The number of ether oxygens (including phenoxy) is 1. The quantitative estimate of drug-likeness (QED) is 0.469. The Kier molecular flexibility index (Phi) is 5.16. The van der Waals surface area contributed by atoms with Gasteiger partial charge in [-0.05, 0) is 50.3 Å². The number of halogens is 1. The third-order valence-electron chi connectivity index (χ3n) is 6.44. The normalized spacial score (nSPS) is 15.7. The number of aromatic hydroxyl groups is 1. The second kappa shape index (κ2) is 7.95. The maximum atomic E-state index is 14.8. The lowest BCUT2D eigenvalue weighted by Gasteiger charge is -2.36. The molecule has 4 aromatic rings. The molecule has 176 valence electrons. The van der Waals surface area contributed by atoms with E-state index in [1.54, 1.807) is 26.0 Å². The molecule has 2 aromatic heterocycles. The largest absolute Gasteiger partial charge is 0.508 e.